The second-order valence-corrected chi connectivity index (χ2v) is 6.36. The SMILES string of the molecule is NC(=O)C1CN([C@@H](c2ccc(F)c(Cl)c2)c2cccc(C(F)(F)F)n2)C(=O)O1. The highest BCUT2D eigenvalue weighted by atomic mass is 35.5. The van der Waals surface area contributed by atoms with Crippen LogP contribution in [0.3, 0.4) is 0 Å². The minimum Gasteiger partial charge on any atom is -0.434 e. The summed E-state index contributed by atoms with van der Waals surface area (Å²) in [5.41, 5.74) is 3.98. The minimum atomic E-state index is -4.72. The first-order valence-corrected chi connectivity index (χ1v) is 8.21. The number of aromatic nitrogens is 1. The molecule has 0 bridgehead atoms. The number of primary amides is 1. The van der Waals surface area contributed by atoms with Gasteiger partial charge in [-0.05, 0) is 29.8 Å². The van der Waals surface area contributed by atoms with E-state index in [0.717, 1.165) is 29.2 Å². The van der Waals surface area contributed by atoms with Crippen molar-refractivity contribution in [3.8, 4) is 0 Å². The number of nitrogens with two attached hydrogens (primary N) is 1. The predicted molar refractivity (Wildman–Crippen MR) is 88.7 cm³/mol. The third-order valence-corrected chi connectivity index (χ3v) is 4.36. The predicted octanol–water partition coefficient (Wildman–Crippen LogP) is 3.29. The summed E-state index contributed by atoms with van der Waals surface area (Å²) < 4.78 is 57.6. The van der Waals surface area contributed by atoms with Gasteiger partial charge in [-0.2, -0.15) is 13.2 Å². The lowest BCUT2D eigenvalue weighted by molar-refractivity contribution is -0.141. The Hall–Kier alpha value is -2.88. The molecule has 1 aromatic carbocycles. The van der Waals surface area contributed by atoms with Crippen molar-refractivity contribution < 1.29 is 31.9 Å². The normalized spacial score (nSPS) is 18.1. The third-order valence-electron chi connectivity index (χ3n) is 4.07. The number of nitrogens with zero attached hydrogens (tertiary/aromatic N) is 2. The molecule has 1 aliphatic heterocycles. The largest absolute Gasteiger partial charge is 0.434 e. The summed E-state index contributed by atoms with van der Waals surface area (Å²) in [5.74, 6) is -1.66. The minimum absolute atomic E-state index is 0.167. The molecule has 3 rings (SSSR count). The molecule has 2 atom stereocenters. The van der Waals surface area contributed by atoms with E-state index in [9.17, 15) is 27.2 Å². The molecule has 1 aromatic heterocycles. The Morgan fingerprint density at radius 2 is 2.04 bits per heavy atom. The van der Waals surface area contributed by atoms with E-state index in [2.05, 4.69) is 4.98 Å². The molecule has 11 heteroatoms. The summed E-state index contributed by atoms with van der Waals surface area (Å²) in [6, 6.07) is 5.36. The average molecular weight is 418 g/mol. The standard InChI is InChI=1S/C17H12ClF4N3O3/c18-9-6-8(4-5-10(9)19)14(25-7-12(15(23)26)28-16(25)27)11-2-1-3-13(24-11)17(20,21)22/h1-6,12,14H,7H2,(H2,23,26)/t12?,14-/m0/s1. The van der Waals surface area contributed by atoms with Gasteiger partial charge < -0.3 is 10.5 Å². The van der Waals surface area contributed by atoms with Crippen molar-refractivity contribution in [2.75, 3.05) is 6.54 Å². The molecule has 2 heterocycles. The van der Waals surface area contributed by atoms with Crippen LogP contribution in [0.15, 0.2) is 36.4 Å². The van der Waals surface area contributed by atoms with Crippen molar-refractivity contribution in [1.82, 2.24) is 9.88 Å². The smallest absolute Gasteiger partial charge is 0.433 e. The van der Waals surface area contributed by atoms with Crippen LogP contribution in [0.2, 0.25) is 5.02 Å². The van der Waals surface area contributed by atoms with Crippen LogP contribution in [0.5, 0.6) is 0 Å². The van der Waals surface area contributed by atoms with Gasteiger partial charge in [-0.1, -0.05) is 23.7 Å². The molecule has 2 aromatic rings. The van der Waals surface area contributed by atoms with E-state index in [1.165, 1.54) is 12.1 Å². The monoisotopic (exact) mass is 417 g/mol. The van der Waals surface area contributed by atoms with Crippen LogP contribution >= 0.6 is 11.6 Å². The quantitative estimate of drug-likeness (QED) is 0.773. The Labute approximate surface area is 160 Å². The maximum atomic E-state index is 13.5. The zero-order chi connectivity index (χ0) is 20.6. The van der Waals surface area contributed by atoms with E-state index < -0.39 is 41.8 Å². The number of hydrogen-bond donors (Lipinski definition) is 1. The van der Waals surface area contributed by atoms with E-state index in [1.807, 2.05) is 0 Å². The third kappa shape index (κ3) is 3.86. The van der Waals surface area contributed by atoms with Crippen molar-refractivity contribution in [3.63, 3.8) is 0 Å². The van der Waals surface area contributed by atoms with Crippen LogP contribution in [0.4, 0.5) is 22.4 Å². The van der Waals surface area contributed by atoms with E-state index in [1.54, 1.807) is 0 Å². The number of alkyl halides is 3. The van der Waals surface area contributed by atoms with Gasteiger partial charge in [-0.3, -0.25) is 9.69 Å². The highest BCUT2D eigenvalue weighted by Crippen LogP contribution is 2.35. The van der Waals surface area contributed by atoms with Gasteiger partial charge in [-0.15, -0.1) is 0 Å². The molecule has 28 heavy (non-hydrogen) atoms. The fraction of sp³-hybridized carbons (Fsp3) is 0.235. The average Bonchev–Trinajstić information content (AvgIpc) is 3.00. The van der Waals surface area contributed by atoms with Crippen molar-refractivity contribution in [1.29, 1.82) is 0 Å². The first-order chi connectivity index (χ1) is 13.1. The molecule has 0 spiro atoms. The Balaban J connectivity index is 2.11. The number of halogens is 5. The van der Waals surface area contributed by atoms with Gasteiger partial charge in [0.2, 0.25) is 0 Å². The van der Waals surface area contributed by atoms with Crippen LogP contribution < -0.4 is 5.73 Å². The number of cyclic esters (lactones) is 1. The second-order valence-electron chi connectivity index (χ2n) is 5.95. The molecule has 0 radical (unpaired) electrons. The molecule has 0 aliphatic carbocycles. The van der Waals surface area contributed by atoms with Crippen molar-refractivity contribution in [2.45, 2.75) is 18.3 Å². The van der Waals surface area contributed by atoms with E-state index in [0.29, 0.717) is 0 Å². The van der Waals surface area contributed by atoms with Crippen molar-refractivity contribution in [3.05, 3.63) is 64.2 Å². The van der Waals surface area contributed by atoms with Gasteiger partial charge in [0.25, 0.3) is 5.91 Å². The lowest BCUT2D eigenvalue weighted by Crippen LogP contribution is -2.35. The lowest BCUT2D eigenvalue weighted by atomic mass is 10.0. The van der Waals surface area contributed by atoms with E-state index in [4.69, 9.17) is 22.1 Å². The molecular weight excluding hydrogens is 406 g/mol. The summed E-state index contributed by atoms with van der Waals surface area (Å²) in [6.45, 7) is -0.314. The zero-order valence-electron chi connectivity index (χ0n) is 13.9. The van der Waals surface area contributed by atoms with Gasteiger partial charge in [0.05, 0.1) is 17.3 Å². The summed E-state index contributed by atoms with van der Waals surface area (Å²) >= 11 is 5.79. The van der Waals surface area contributed by atoms with Gasteiger partial charge in [0.1, 0.15) is 17.6 Å². The summed E-state index contributed by atoms with van der Waals surface area (Å²) in [6.07, 6.45) is -6.98. The number of carbonyl (C=O) groups excluding carboxylic acids is 2. The topological polar surface area (TPSA) is 85.5 Å². The van der Waals surface area contributed by atoms with Crippen LogP contribution in [0.25, 0.3) is 0 Å². The first-order valence-electron chi connectivity index (χ1n) is 7.83. The Morgan fingerprint density at radius 3 is 2.61 bits per heavy atom. The highest BCUT2D eigenvalue weighted by Gasteiger charge is 2.41. The number of hydrogen-bond acceptors (Lipinski definition) is 4. The molecule has 0 saturated carbocycles. The van der Waals surface area contributed by atoms with E-state index >= 15 is 0 Å². The highest BCUT2D eigenvalue weighted by molar-refractivity contribution is 6.30. The number of carbonyl (C=O) groups is 2. The zero-order valence-corrected chi connectivity index (χ0v) is 14.7. The number of pyridine rings is 1. The van der Waals surface area contributed by atoms with Crippen LogP contribution in [0.1, 0.15) is 23.0 Å². The van der Waals surface area contributed by atoms with Gasteiger partial charge in [0.15, 0.2) is 6.10 Å². The molecule has 2 N–H and O–H groups in total. The fourth-order valence-electron chi connectivity index (χ4n) is 2.79. The Bertz CT molecular complexity index is 938. The van der Waals surface area contributed by atoms with Gasteiger partial charge >= 0.3 is 12.3 Å². The van der Waals surface area contributed by atoms with Gasteiger partial charge in [0, 0.05) is 0 Å². The van der Waals surface area contributed by atoms with E-state index in [-0.39, 0.29) is 22.8 Å². The maximum Gasteiger partial charge on any atom is 0.433 e. The first kappa shape index (κ1) is 19.9. The Morgan fingerprint density at radius 1 is 1.32 bits per heavy atom. The van der Waals surface area contributed by atoms with Crippen molar-refractivity contribution >= 4 is 23.6 Å². The second kappa shape index (κ2) is 7.27. The number of amides is 2. The molecule has 1 saturated heterocycles. The maximum absolute atomic E-state index is 13.5. The molecule has 148 valence electrons. The molecule has 2 amide bonds. The van der Waals surface area contributed by atoms with Crippen LogP contribution in [-0.4, -0.2) is 34.5 Å². The Kier molecular flexibility index (Phi) is 5.16. The van der Waals surface area contributed by atoms with Gasteiger partial charge in [-0.25, -0.2) is 14.2 Å². The number of ether oxygens (including phenoxy) is 1. The van der Waals surface area contributed by atoms with Crippen LogP contribution in [-0.2, 0) is 15.7 Å². The van der Waals surface area contributed by atoms with Crippen LogP contribution in [0, 0.1) is 5.82 Å². The molecule has 6 nitrogen and oxygen atoms in total. The molecular formula is C17H12ClF4N3O3. The molecule has 1 unspecified atom stereocenters. The summed E-state index contributed by atoms with van der Waals surface area (Å²) in [7, 11) is 0. The molecule has 1 fully saturated rings. The number of rotatable bonds is 4. The number of benzene rings is 1. The molecule has 1 aliphatic rings. The fourth-order valence-corrected chi connectivity index (χ4v) is 2.98. The van der Waals surface area contributed by atoms with Crippen molar-refractivity contribution in [2.24, 2.45) is 5.73 Å². The summed E-state index contributed by atoms with van der Waals surface area (Å²) in [5, 5.41) is -0.298. The lowest BCUT2D eigenvalue weighted by Gasteiger charge is -2.26. The summed E-state index contributed by atoms with van der Waals surface area (Å²) in [4.78, 5) is 28.2.